The third-order valence-corrected chi connectivity index (χ3v) is 8.11. The van der Waals surface area contributed by atoms with Crippen molar-refractivity contribution >= 4 is 45.7 Å². The van der Waals surface area contributed by atoms with Crippen LogP contribution in [0.1, 0.15) is 6.42 Å². The largest absolute Gasteiger partial charge is 0.508 e. The maximum Gasteiger partial charge on any atom is 0.238 e. The minimum absolute atomic E-state index is 0.134. The number of fused-ring (bicyclic) bond motifs is 3. The van der Waals surface area contributed by atoms with E-state index in [-0.39, 0.29) is 33.8 Å². The average molecular weight is 621 g/mol. The Balaban J connectivity index is 0.000000171. The molecule has 0 saturated carbocycles. The molecule has 4 aromatic carbocycles. The minimum atomic E-state index is -0.888. The number of rotatable bonds is 5. The quantitative estimate of drug-likeness (QED) is 0.132. The summed E-state index contributed by atoms with van der Waals surface area (Å²) in [4.78, 5) is 19.4. The molecule has 1 aromatic heterocycles. The molecule has 9 nitrogen and oxygen atoms in total. The molecule has 11 heteroatoms. The van der Waals surface area contributed by atoms with Gasteiger partial charge in [-0.25, -0.2) is 0 Å². The molecule has 222 valence electrons. The molecule has 0 radical (unpaired) electrons. The Morgan fingerprint density at radius 3 is 2.33 bits per heavy atom. The summed E-state index contributed by atoms with van der Waals surface area (Å²) in [5.41, 5.74) is 1.62. The van der Waals surface area contributed by atoms with Crippen molar-refractivity contribution in [3.05, 3.63) is 88.0 Å². The lowest BCUT2D eigenvalue weighted by atomic mass is 10.1. The summed E-state index contributed by atoms with van der Waals surface area (Å²) in [6.45, 7) is 2.09. The predicted octanol–water partition coefficient (Wildman–Crippen LogP) is 6.88. The Labute approximate surface area is 256 Å². The zero-order chi connectivity index (χ0) is 30.8. The van der Waals surface area contributed by atoms with Crippen LogP contribution < -0.4 is 10.3 Å². The van der Waals surface area contributed by atoms with Gasteiger partial charge in [0.1, 0.15) is 22.5 Å². The zero-order valence-electron chi connectivity index (χ0n) is 23.3. The molecule has 5 aromatic rings. The fourth-order valence-electron chi connectivity index (χ4n) is 4.72. The Bertz CT molecular complexity index is 1880. The van der Waals surface area contributed by atoms with E-state index in [0.29, 0.717) is 0 Å². The summed E-state index contributed by atoms with van der Waals surface area (Å²) in [6.07, 6.45) is 1.12. The minimum Gasteiger partial charge on any atom is -0.508 e. The number of para-hydroxylation sites is 1. The van der Waals surface area contributed by atoms with Crippen LogP contribution in [0.25, 0.3) is 22.3 Å². The van der Waals surface area contributed by atoms with Crippen molar-refractivity contribution in [2.24, 2.45) is 0 Å². The third-order valence-electron chi connectivity index (χ3n) is 6.75. The van der Waals surface area contributed by atoms with E-state index >= 15 is 0 Å². The fraction of sp³-hybridized carbons (Fsp3) is 0.156. The number of phenolic OH excluding ortho intramolecular Hbond substituents is 4. The van der Waals surface area contributed by atoms with Gasteiger partial charge in [-0.05, 0) is 75.6 Å². The van der Waals surface area contributed by atoms with Crippen molar-refractivity contribution in [3.63, 3.8) is 0 Å². The standard InChI is InChI=1S/C17H19ClN2S.C15H10O7/c1-19(2)10-5-11-20-14-6-3-4-7-16(14)21-17-9-8-13(18)12-15(17)20;16-7-4-10(19)12-11(5-7)22-15(14(21)13(12)20)6-1-2-8(17)9(18)3-6/h3-4,6-9,12H,5,10-11H2,1-2H3;1-5,16-19,21H. The normalized spacial score (nSPS) is 12.0. The van der Waals surface area contributed by atoms with Crippen molar-refractivity contribution in [2.75, 3.05) is 32.1 Å². The van der Waals surface area contributed by atoms with Crippen LogP contribution in [-0.2, 0) is 0 Å². The van der Waals surface area contributed by atoms with Crippen molar-refractivity contribution in [1.82, 2.24) is 4.90 Å². The van der Waals surface area contributed by atoms with Gasteiger partial charge in [-0.15, -0.1) is 0 Å². The molecule has 0 saturated heterocycles. The number of halogens is 1. The Kier molecular flexibility index (Phi) is 8.63. The monoisotopic (exact) mass is 620 g/mol. The van der Waals surface area contributed by atoms with E-state index in [0.717, 1.165) is 48.8 Å². The lowest BCUT2D eigenvalue weighted by molar-refractivity contribution is 0.402. The number of phenols is 4. The van der Waals surface area contributed by atoms with Crippen LogP contribution in [0.4, 0.5) is 11.4 Å². The summed E-state index contributed by atoms with van der Waals surface area (Å²) in [5, 5.41) is 48.4. The lowest BCUT2D eigenvalue weighted by Gasteiger charge is -2.33. The second-order valence-electron chi connectivity index (χ2n) is 10.1. The van der Waals surface area contributed by atoms with E-state index in [2.05, 4.69) is 60.3 Å². The molecule has 0 aliphatic carbocycles. The first-order chi connectivity index (χ1) is 20.5. The van der Waals surface area contributed by atoms with Gasteiger partial charge in [0.15, 0.2) is 17.3 Å². The molecule has 5 N–H and O–H groups in total. The van der Waals surface area contributed by atoms with Gasteiger partial charge in [0, 0.05) is 39.1 Å². The lowest BCUT2D eigenvalue weighted by Crippen LogP contribution is -2.25. The molecule has 43 heavy (non-hydrogen) atoms. The highest BCUT2D eigenvalue weighted by molar-refractivity contribution is 7.99. The molecule has 2 heterocycles. The number of nitrogens with zero attached hydrogens (tertiary/aromatic N) is 2. The summed E-state index contributed by atoms with van der Waals surface area (Å²) in [5.74, 6) is -2.71. The van der Waals surface area contributed by atoms with E-state index in [4.69, 9.17) is 16.0 Å². The van der Waals surface area contributed by atoms with Crippen LogP contribution in [0.15, 0.2) is 91.8 Å². The highest BCUT2D eigenvalue weighted by Gasteiger charge is 2.23. The second-order valence-corrected chi connectivity index (χ2v) is 11.7. The zero-order valence-corrected chi connectivity index (χ0v) is 24.9. The molecule has 0 fully saturated rings. The Morgan fingerprint density at radius 2 is 1.58 bits per heavy atom. The topological polar surface area (TPSA) is 138 Å². The van der Waals surface area contributed by atoms with Gasteiger partial charge < -0.3 is 39.7 Å². The Morgan fingerprint density at radius 1 is 0.837 bits per heavy atom. The molecule has 1 aliphatic rings. The molecular formula is C32H29ClN2O7S. The fourth-order valence-corrected chi connectivity index (χ4v) is 5.97. The molecule has 0 spiro atoms. The molecule has 0 unspecified atom stereocenters. The van der Waals surface area contributed by atoms with Gasteiger partial charge in [0.2, 0.25) is 11.2 Å². The van der Waals surface area contributed by atoms with Gasteiger partial charge >= 0.3 is 0 Å². The second kappa shape index (κ2) is 12.4. The summed E-state index contributed by atoms with van der Waals surface area (Å²) in [6, 6.07) is 20.4. The van der Waals surface area contributed by atoms with E-state index in [9.17, 15) is 30.3 Å². The first kappa shape index (κ1) is 30.0. The average Bonchev–Trinajstić information content (AvgIpc) is 2.96. The number of anilines is 2. The number of hydrogen-bond acceptors (Lipinski definition) is 10. The van der Waals surface area contributed by atoms with E-state index in [1.165, 1.54) is 27.2 Å². The predicted molar refractivity (Wildman–Crippen MR) is 168 cm³/mol. The number of benzene rings is 4. The van der Waals surface area contributed by atoms with Crippen LogP contribution in [0.2, 0.25) is 5.02 Å². The van der Waals surface area contributed by atoms with Gasteiger partial charge in [-0.3, -0.25) is 4.79 Å². The first-order valence-corrected chi connectivity index (χ1v) is 14.5. The Hall–Kier alpha value is -4.51. The van der Waals surface area contributed by atoms with Gasteiger partial charge in [0.25, 0.3) is 0 Å². The molecule has 0 amide bonds. The van der Waals surface area contributed by atoms with Crippen LogP contribution in [0.3, 0.4) is 0 Å². The summed E-state index contributed by atoms with van der Waals surface area (Å²) in [7, 11) is 4.23. The summed E-state index contributed by atoms with van der Waals surface area (Å²) < 4.78 is 5.35. The van der Waals surface area contributed by atoms with E-state index < -0.39 is 22.7 Å². The van der Waals surface area contributed by atoms with Crippen molar-refractivity contribution in [2.45, 2.75) is 16.2 Å². The molecule has 0 atom stereocenters. The maximum absolute atomic E-state index is 12.1. The van der Waals surface area contributed by atoms with Crippen LogP contribution in [-0.4, -0.2) is 57.6 Å². The van der Waals surface area contributed by atoms with Crippen LogP contribution in [0.5, 0.6) is 28.7 Å². The molecular weight excluding hydrogens is 592 g/mol. The van der Waals surface area contributed by atoms with Gasteiger partial charge in [-0.2, -0.15) is 0 Å². The van der Waals surface area contributed by atoms with E-state index in [1.54, 1.807) is 0 Å². The first-order valence-electron chi connectivity index (χ1n) is 13.3. The van der Waals surface area contributed by atoms with Gasteiger partial charge in [-0.1, -0.05) is 35.5 Å². The number of aromatic hydroxyl groups is 5. The maximum atomic E-state index is 12.1. The third kappa shape index (κ3) is 6.31. The van der Waals surface area contributed by atoms with Crippen LogP contribution in [0, 0.1) is 0 Å². The van der Waals surface area contributed by atoms with Gasteiger partial charge in [0.05, 0.1) is 11.4 Å². The van der Waals surface area contributed by atoms with Crippen molar-refractivity contribution in [3.8, 4) is 40.1 Å². The molecule has 1 aliphatic heterocycles. The smallest absolute Gasteiger partial charge is 0.238 e. The number of hydrogen-bond donors (Lipinski definition) is 5. The summed E-state index contributed by atoms with van der Waals surface area (Å²) >= 11 is 8.03. The van der Waals surface area contributed by atoms with Crippen LogP contribution >= 0.6 is 23.4 Å². The van der Waals surface area contributed by atoms with Crippen molar-refractivity contribution < 1.29 is 29.9 Å². The highest BCUT2D eigenvalue weighted by atomic mass is 35.5. The molecule has 0 bridgehead atoms. The highest BCUT2D eigenvalue weighted by Crippen LogP contribution is 2.48. The van der Waals surface area contributed by atoms with Crippen molar-refractivity contribution in [1.29, 1.82) is 0 Å². The SMILES string of the molecule is CN(C)CCCN1c2ccccc2Sc2ccc(Cl)cc21.O=c1c(O)c(-c2ccc(O)c(O)c2)oc2cc(O)cc(O)c12. The molecule has 6 rings (SSSR count). The van der Waals surface area contributed by atoms with E-state index in [1.807, 2.05) is 17.8 Å².